The van der Waals surface area contributed by atoms with Crippen LogP contribution in [0.2, 0.25) is 0 Å². The predicted molar refractivity (Wildman–Crippen MR) is 65.6 cm³/mol. The molecule has 0 spiro atoms. The zero-order valence-corrected chi connectivity index (χ0v) is 10.9. The number of hydrogen-bond acceptors (Lipinski definition) is 3. The van der Waals surface area contributed by atoms with Crippen molar-refractivity contribution in [2.45, 2.75) is 58.6 Å². The van der Waals surface area contributed by atoms with Crippen LogP contribution < -0.4 is 0 Å². The van der Waals surface area contributed by atoms with Crippen molar-refractivity contribution in [3.63, 3.8) is 0 Å². The van der Waals surface area contributed by atoms with Gasteiger partial charge in [-0.05, 0) is 39.7 Å². The second-order valence-corrected chi connectivity index (χ2v) is 4.86. The summed E-state index contributed by atoms with van der Waals surface area (Å²) in [5.74, 6) is 0.308. The van der Waals surface area contributed by atoms with Gasteiger partial charge in [-0.2, -0.15) is 0 Å². The molecule has 0 aliphatic carbocycles. The highest BCUT2D eigenvalue weighted by Gasteiger charge is 2.24. The summed E-state index contributed by atoms with van der Waals surface area (Å²) in [5, 5.41) is 0. The van der Waals surface area contributed by atoms with Gasteiger partial charge in [-0.3, -0.25) is 4.90 Å². The quantitative estimate of drug-likeness (QED) is 0.652. The Labute approximate surface area is 99.1 Å². The van der Waals surface area contributed by atoms with Crippen LogP contribution in [0.4, 0.5) is 0 Å². The SMILES string of the molecule is CCC1COC(C)CN1CCCCC(C)=O. The van der Waals surface area contributed by atoms with E-state index < -0.39 is 0 Å². The van der Waals surface area contributed by atoms with Crippen LogP contribution in [0.25, 0.3) is 0 Å². The van der Waals surface area contributed by atoms with E-state index in [2.05, 4.69) is 18.7 Å². The number of morpholine rings is 1. The van der Waals surface area contributed by atoms with Gasteiger partial charge >= 0.3 is 0 Å². The fourth-order valence-electron chi connectivity index (χ4n) is 2.25. The number of nitrogens with zero attached hydrogens (tertiary/aromatic N) is 1. The van der Waals surface area contributed by atoms with Gasteiger partial charge < -0.3 is 9.53 Å². The van der Waals surface area contributed by atoms with Gasteiger partial charge in [-0.15, -0.1) is 0 Å². The lowest BCUT2D eigenvalue weighted by Gasteiger charge is -2.38. The van der Waals surface area contributed by atoms with Gasteiger partial charge in [0.1, 0.15) is 5.78 Å². The molecular formula is C13H25NO2. The van der Waals surface area contributed by atoms with Crippen molar-refractivity contribution in [1.82, 2.24) is 4.90 Å². The molecule has 0 aromatic carbocycles. The maximum absolute atomic E-state index is 10.8. The van der Waals surface area contributed by atoms with Crippen molar-refractivity contribution in [2.24, 2.45) is 0 Å². The van der Waals surface area contributed by atoms with Crippen molar-refractivity contribution in [3.05, 3.63) is 0 Å². The fraction of sp³-hybridized carbons (Fsp3) is 0.923. The molecule has 0 aromatic rings. The third-order valence-electron chi connectivity index (χ3n) is 3.28. The molecule has 0 amide bonds. The summed E-state index contributed by atoms with van der Waals surface area (Å²) in [7, 11) is 0. The van der Waals surface area contributed by atoms with Crippen LogP contribution in [-0.2, 0) is 9.53 Å². The molecule has 2 atom stereocenters. The first kappa shape index (κ1) is 13.7. The van der Waals surface area contributed by atoms with Crippen LogP contribution in [0.1, 0.15) is 46.5 Å². The number of ether oxygens (including phenoxy) is 1. The Kier molecular flexibility index (Phi) is 5.99. The van der Waals surface area contributed by atoms with E-state index in [1.807, 2.05) is 0 Å². The minimum Gasteiger partial charge on any atom is -0.376 e. The number of unbranched alkanes of at least 4 members (excludes halogenated alkanes) is 1. The first-order chi connectivity index (χ1) is 7.63. The number of hydrogen-bond donors (Lipinski definition) is 0. The zero-order chi connectivity index (χ0) is 12.0. The molecule has 0 N–H and O–H groups in total. The maximum Gasteiger partial charge on any atom is 0.129 e. The fourth-order valence-corrected chi connectivity index (χ4v) is 2.25. The lowest BCUT2D eigenvalue weighted by atomic mass is 10.1. The van der Waals surface area contributed by atoms with E-state index in [9.17, 15) is 4.79 Å². The lowest BCUT2D eigenvalue weighted by molar-refractivity contribution is -0.117. The van der Waals surface area contributed by atoms with E-state index in [1.165, 1.54) is 0 Å². The van der Waals surface area contributed by atoms with Gasteiger partial charge in [-0.1, -0.05) is 6.92 Å². The Hall–Kier alpha value is -0.410. The molecule has 2 unspecified atom stereocenters. The minimum atomic E-state index is 0.308. The van der Waals surface area contributed by atoms with Gasteiger partial charge in [0.2, 0.25) is 0 Å². The van der Waals surface area contributed by atoms with Crippen LogP contribution >= 0.6 is 0 Å². The molecule has 3 heteroatoms. The van der Waals surface area contributed by atoms with Crippen molar-refractivity contribution in [3.8, 4) is 0 Å². The van der Waals surface area contributed by atoms with E-state index >= 15 is 0 Å². The number of carbonyl (C=O) groups excluding carboxylic acids is 1. The molecule has 1 fully saturated rings. The lowest BCUT2D eigenvalue weighted by Crippen LogP contribution is -2.48. The first-order valence-corrected chi connectivity index (χ1v) is 6.48. The van der Waals surface area contributed by atoms with Crippen molar-refractivity contribution in [2.75, 3.05) is 19.7 Å². The number of Topliss-reactive ketones (excluding diaryl/α,β-unsaturated/α-hetero) is 1. The third kappa shape index (κ3) is 4.62. The van der Waals surface area contributed by atoms with Crippen molar-refractivity contribution < 1.29 is 9.53 Å². The third-order valence-corrected chi connectivity index (χ3v) is 3.28. The first-order valence-electron chi connectivity index (χ1n) is 6.48. The summed E-state index contributed by atoms with van der Waals surface area (Å²) >= 11 is 0. The molecule has 16 heavy (non-hydrogen) atoms. The van der Waals surface area contributed by atoms with E-state index in [0.717, 1.165) is 45.4 Å². The van der Waals surface area contributed by atoms with Gasteiger partial charge in [-0.25, -0.2) is 0 Å². The average molecular weight is 227 g/mol. The van der Waals surface area contributed by atoms with Crippen LogP contribution in [0.5, 0.6) is 0 Å². The van der Waals surface area contributed by atoms with Crippen LogP contribution in [0, 0.1) is 0 Å². The summed E-state index contributed by atoms with van der Waals surface area (Å²) in [4.78, 5) is 13.4. The van der Waals surface area contributed by atoms with Crippen LogP contribution in [-0.4, -0.2) is 42.5 Å². The molecule has 1 saturated heterocycles. The molecule has 0 aromatic heterocycles. The Bertz CT molecular complexity index is 218. The van der Waals surface area contributed by atoms with Gasteiger partial charge in [0.15, 0.2) is 0 Å². The summed E-state index contributed by atoms with van der Waals surface area (Å²) in [5.41, 5.74) is 0. The molecule has 1 rings (SSSR count). The normalized spacial score (nSPS) is 26.9. The van der Waals surface area contributed by atoms with E-state index in [4.69, 9.17) is 4.74 Å². The molecule has 3 nitrogen and oxygen atoms in total. The molecule has 1 heterocycles. The average Bonchev–Trinajstić information content (AvgIpc) is 2.24. The highest BCUT2D eigenvalue weighted by Crippen LogP contribution is 2.15. The monoisotopic (exact) mass is 227 g/mol. The predicted octanol–water partition coefficient (Wildman–Crippen LogP) is 2.25. The van der Waals surface area contributed by atoms with Crippen LogP contribution in [0.15, 0.2) is 0 Å². The largest absolute Gasteiger partial charge is 0.376 e. The molecule has 1 aliphatic heterocycles. The topological polar surface area (TPSA) is 29.5 Å². The van der Waals surface area contributed by atoms with Gasteiger partial charge in [0, 0.05) is 19.0 Å². The standard InChI is InChI=1S/C13H25NO2/c1-4-13-10-16-12(3)9-14(13)8-6-5-7-11(2)15/h12-13H,4-10H2,1-3H3. The smallest absolute Gasteiger partial charge is 0.129 e. The number of ketones is 1. The van der Waals surface area contributed by atoms with Crippen molar-refractivity contribution >= 4 is 5.78 Å². The summed E-state index contributed by atoms with van der Waals surface area (Å²) in [6.45, 7) is 9.04. The van der Waals surface area contributed by atoms with E-state index in [-0.39, 0.29) is 0 Å². The minimum absolute atomic E-state index is 0.308. The van der Waals surface area contributed by atoms with Crippen LogP contribution in [0.3, 0.4) is 0 Å². The van der Waals surface area contributed by atoms with Gasteiger partial charge in [0.25, 0.3) is 0 Å². The molecule has 0 radical (unpaired) electrons. The molecule has 0 saturated carbocycles. The zero-order valence-electron chi connectivity index (χ0n) is 10.9. The van der Waals surface area contributed by atoms with Crippen molar-refractivity contribution in [1.29, 1.82) is 0 Å². The van der Waals surface area contributed by atoms with E-state index in [1.54, 1.807) is 6.92 Å². The number of rotatable bonds is 6. The Balaban J connectivity index is 2.23. The highest BCUT2D eigenvalue weighted by molar-refractivity contribution is 5.75. The summed E-state index contributed by atoms with van der Waals surface area (Å²) < 4.78 is 5.66. The number of carbonyl (C=O) groups is 1. The molecule has 0 bridgehead atoms. The van der Waals surface area contributed by atoms with Gasteiger partial charge in [0.05, 0.1) is 12.7 Å². The maximum atomic E-state index is 10.8. The Morgan fingerprint density at radius 1 is 1.44 bits per heavy atom. The Morgan fingerprint density at radius 2 is 2.19 bits per heavy atom. The second kappa shape index (κ2) is 7.02. The molecule has 1 aliphatic rings. The second-order valence-electron chi connectivity index (χ2n) is 4.86. The molecular weight excluding hydrogens is 202 g/mol. The highest BCUT2D eigenvalue weighted by atomic mass is 16.5. The van der Waals surface area contributed by atoms with E-state index in [0.29, 0.717) is 17.9 Å². The summed E-state index contributed by atoms with van der Waals surface area (Å²) in [6.07, 6.45) is 4.40. The Morgan fingerprint density at radius 3 is 2.81 bits per heavy atom. The molecule has 94 valence electrons. The summed E-state index contributed by atoms with van der Waals surface area (Å²) in [6, 6.07) is 0.577.